The molecule has 0 amide bonds. The Morgan fingerprint density at radius 1 is 0.220 bits per heavy atom. The van der Waals surface area contributed by atoms with Gasteiger partial charge in [0.2, 0.25) is 0 Å². The minimum Gasteiger partial charge on any atom is -0.0622 e. The zero-order valence-electron chi connectivity index (χ0n) is 27.6. The van der Waals surface area contributed by atoms with Crippen molar-refractivity contribution in [3.05, 3.63) is 228 Å². The molecule has 0 aromatic heterocycles. The smallest absolute Gasteiger partial charge is 0.0352 e. The van der Waals surface area contributed by atoms with Gasteiger partial charge in [-0.05, 0) is 101 Å². The standard InChI is InChI=1S/C50H34/c1-3-13-33(14-4-1)35-17-11-19-39(29-35)49-43-23-9-7-21-41(43)47-31-37(25-27-45(47)49)38-26-28-46-48(32-38)42-22-8-10-24-44(42)50(46)40-20-12-18-36(30-40)34-15-5-2-6-16-34/h1-32,49-50H. The van der Waals surface area contributed by atoms with Gasteiger partial charge in [0.25, 0.3) is 0 Å². The van der Waals surface area contributed by atoms with E-state index in [1.807, 2.05) is 0 Å². The van der Waals surface area contributed by atoms with Crippen molar-refractivity contribution in [3.8, 4) is 55.6 Å². The SMILES string of the molecule is c1ccc(-c2cccc(C3c4ccccc4-c4cc(-c5ccc6c(c5)-c5ccccc5C6c5cccc(-c6ccccc6)c5)ccc43)c2)cc1. The van der Waals surface area contributed by atoms with E-state index in [1.165, 1.54) is 89.0 Å². The second-order valence-corrected chi connectivity index (χ2v) is 13.6. The molecule has 0 bridgehead atoms. The average molecular weight is 635 g/mol. The van der Waals surface area contributed by atoms with Gasteiger partial charge < -0.3 is 0 Å². The molecule has 234 valence electrons. The van der Waals surface area contributed by atoms with Gasteiger partial charge in [-0.3, -0.25) is 0 Å². The fourth-order valence-corrected chi connectivity index (χ4v) is 8.54. The normalized spacial score (nSPS) is 15.2. The highest BCUT2D eigenvalue weighted by Gasteiger charge is 2.32. The maximum atomic E-state index is 2.43. The van der Waals surface area contributed by atoms with Crippen LogP contribution in [0.15, 0.2) is 194 Å². The van der Waals surface area contributed by atoms with Crippen LogP contribution < -0.4 is 0 Å². The molecule has 0 heterocycles. The number of rotatable bonds is 5. The summed E-state index contributed by atoms with van der Waals surface area (Å²) >= 11 is 0. The Balaban J connectivity index is 1.05. The molecule has 8 aromatic carbocycles. The molecule has 50 heavy (non-hydrogen) atoms. The molecule has 2 aliphatic carbocycles. The maximum absolute atomic E-state index is 2.43. The lowest BCUT2D eigenvalue weighted by molar-refractivity contribution is 1.01. The predicted molar refractivity (Wildman–Crippen MR) is 208 cm³/mol. The third kappa shape index (κ3) is 4.68. The molecule has 0 saturated carbocycles. The largest absolute Gasteiger partial charge is 0.0622 e. The zero-order chi connectivity index (χ0) is 33.0. The molecule has 2 aliphatic rings. The molecule has 0 N–H and O–H groups in total. The summed E-state index contributed by atoms with van der Waals surface area (Å²) in [5.74, 6) is 0.413. The highest BCUT2D eigenvalue weighted by Crippen LogP contribution is 2.52. The Bertz CT molecular complexity index is 2360. The molecule has 0 radical (unpaired) electrons. The van der Waals surface area contributed by atoms with E-state index in [-0.39, 0.29) is 11.8 Å². The van der Waals surface area contributed by atoms with Gasteiger partial charge in [-0.25, -0.2) is 0 Å². The van der Waals surface area contributed by atoms with Crippen LogP contribution in [0.5, 0.6) is 0 Å². The monoisotopic (exact) mass is 634 g/mol. The van der Waals surface area contributed by atoms with Gasteiger partial charge in [0.15, 0.2) is 0 Å². The topological polar surface area (TPSA) is 0 Å². The molecule has 0 heteroatoms. The van der Waals surface area contributed by atoms with Crippen LogP contribution in [0.1, 0.15) is 45.2 Å². The molecular formula is C50H34. The van der Waals surface area contributed by atoms with Crippen LogP contribution >= 0.6 is 0 Å². The first-order valence-electron chi connectivity index (χ1n) is 17.6. The van der Waals surface area contributed by atoms with Crippen molar-refractivity contribution in [1.82, 2.24) is 0 Å². The summed E-state index contributed by atoms with van der Waals surface area (Å²) in [4.78, 5) is 0. The van der Waals surface area contributed by atoms with E-state index in [0.717, 1.165) is 0 Å². The van der Waals surface area contributed by atoms with Crippen molar-refractivity contribution >= 4 is 0 Å². The Kier molecular flexibility index (Phi) is 6.74. The first-order valence-corrected chi connectivity index (χ1v) is 17.6. The van der Waals surface area contributed by atoms with E-state index in [2.05, 4.69) is 194 Å². The summed E-state index contributed by atoms with van der Waals surface area (Å²) in [6, 6.07) is 71.8. The first-order chi connectivity index (χ1) is 24.8. The molecule has 0 nitrogen and oxygen atoms in total. The van der Waals surface area contributed by atoms with Crippen LogP contribution in [0.3, 0.4) is 0 Å². The second kappa shape index (κ2) is 11.7. The average Bonchev–Trinajstić information content (AvgIpc) is 3.71. The lowest BCUT2D eigenvalue weighted by atomic mass is 9.86. The number of hydrogen-bond donors (Lipinski definition) is 0. The molecule has 0 spiro atoms. The van der Waals surface area contributed by atoms with E-state index >= 15 is 0 Å². The third-order valence-electron chi connectivity index (χ3n) is 10.8. The molecule has 0 saturated heterocycles. The van der Waals surface area contributed by atoms with Crippen LogP contribution in [0, 0.1) is 0 Å². The highest BCUT2D eigenvalue weighted by atomic mass is 14.3. The summed E-state index contributed by atoms with van der Waals surface area (Å²) in [5.41, 5.74) is 21.1. The lowest BCUT2D eigenvalue weighted by Crippen LogP contribution is -2.00. The van der Waals surface area contributed by atoms with Crippen LogP contribution in [0.4, 0.5) is 0 Å². The van der Waals surface area contributed by atoms with Gasteiger partial charge in [-0.1, -0.05) is 182 Å². The minimum absolute atomic E-state index is 0.207. The number of hydrogen-bond acceptors (Lipinski definition) is 0. The van der Waals surface area contributed by atoms with Crippen molar-refractivity contribution in [2.75, 3.05) is 0 Å². The van der Waals surface area contributed by atoms with E-state index < -0.39 is 0 Å². The van der Waals surface area contributed by atoms with E-state index in [0.29, 0.717) is 0 Å². The Hall–Kier alpha value is -6.24. The fourth-order valence-electron chi connectivity index (χ4n) is 8.54. The summed E-state index contributed by atoms with van der Waals surface area (Å²) in [6.45, 7) is 0. The van der Waals surface area contributed by atoms with Crippen LogP contribution in [0.25, 0.3) is 55.6 Å². The maximum Gasteiger partial charge on any atom is 0.0352 e. The molecular weight excluding hydrogens is 601 g/mol. The van der Waals surface area contributed by atoms with Gasteiger partial charge in [0.05, 0.1) is 0 Å². The molecule has 10 rings (SSSR count). The Morgan fingerprint density at radius 2 is 0.580 bits per heavy atom. The molecule has 2 unspecified atom stereocenters. The molecule has 8 aromatic rings. The van der Waals surface area contributed by atoms with Crippen LogP contribution in [0.2, 0.25) is 0 Å². The number of benzene rings is 8. The van der Waals surface area contributed by atoms with Crippen LogP contribution in [-0.2, 0) is 0 Å². The Morgan fingerprint density at radius 3 is 1.04 bits per heavy atom. The van der Waals surface area contributed by atoms with Gasteiger partial charge >= 0.3 is 0 Å². The van der Waals surface area contributed by atoms with Gasteiger partial charge in [-0.15, -0.1) is 0 Å². The molecule has 0 fully saturated rings. The summed E-state index contributed by atoms with van der Waals surface area (Å²) in [7, 11) is 0. The lowest BCUT2D eigenvalue weighted by Gasteiger charge is -2.17. The summed E-state index contributed by atoms with van der Waals surface area (Å²) in [6.07, 6.45) is 0. The first kappa shape index (κ1) is 28.7. The van der Waals surface area contributed by atoms with Gasteiger partial charge in [-0.2, -0.15) is 0 Å². The second-order valence-electron chi connectivity index (χ2n) is 13.6. The van der Waals surface area contributed by atoms with Gasteiger partial charge in [0.1, 0.15) is 0 Å². The molecule has 2 atom stereocenters. The summed E-state index contributed by atoms with van der Waals surface area (Å²) < 4.78 is 0. The fraction of sp³-hybridized carbons (Fsp3) is 0.0400. The number of fused-ring (bicyclic) bond motifs is 6. The predicted octanol–water partition coefficient (Wildman–Crippen LogP) is 13.0. The quantitative estimate of drug-likeness (QED) is 0.177. The minimum atomic E-state index is 0.207. The van der Waals surface area contributed by atoms with E-state index in [1.54, 1.807) is 0 Å². The van der Waals surface area contributed by atoms with Gasteiger partial charge in [0, 0.05) is 11.8 Å². The van der Waals surface area contributed by atoms with Crippen molar-refractivity contribution in [3.63, 3.8) is 0 Å². The Labute approximate surface area is 294 Å². The van der Waals surface area contributed by atoms with E-state index in [4.69, 9.17) is 0 Å². The summed E-state index contributed by atoms with van der Waals surface area (Å²) in [5, 5.41) is 0. The highest BCUT2D eigenvalue weighted by molar-refractivity contribution is 5.88. The third-order valence-corrected chi connectivity index (χ3v) is 10.8. The van der Waals surface area contributed by atoms with Crippen molar-refractivity contribution in [2.45, 2.75) is 11.8 Å². The molecule has 0 aliphatic heterocycles. The van der Waals surface area contributed by atoms with Crippen molar-refractivity contribution in [2.24, 2.45) is 0 Å². The van der Waals surface area contributed by atoms with Crippen molar-refractivity contribution in [1.29, 1.82) is 0 Å². The van der Waals surface area contributed by atoms with E-state index in [9.17, 15) is 0 Å². The van der Waals surface area contributed by atoms with Crippen molar-refractivity contribution < 1.29 is 0 Å². The zero-order valence-corrected chi connectivity index (χ0v) is 27.6. The van der Waals surface area contributed by atoms with Crippen LogP contribution in [-0.4, -0.2) is 0 Å².